The van der Waals surface area contributed by atoms with Crippen LogP contribution in [0.15, 0.2) is 10.7 Å². The molecule has 0 atom stereocenters. The van der Waals surface area contributed by atoms with E-state index in [1.54, 1.807) is 18.7 Å². The number of carbonyl (C=O) groups excluding carboxylic acids is 1. The van der Waals surface area contributed by atoms with E-state index in [4.69, 9.17) is 9.47 Å². The van der Waals surface area contributed by atoms with Crippen LogP contribution in [-0.4, -0.2) is 24.9 Å². The van der Waals surface area contributed by atoms with Gasteiger partial charge in [-0.1, -0.05) is 11.8 Å². The highest BCUT2D eigenvalue weighted by Crippen LogP contribution is 2.32. The van der Waals surface area contributed by atoms with Gasteiger partial charge in [-0.15, -0.1) is 0 Å². The van der Waals surface area contributed by atoms with Crippen molar-refractivity contribution >= 4 is 17.7 Å². The van der Waals surface area contributed by atoms with Crippen LogP contribution in [0.3, 0.4) is 0 Å². The van der Waals surface area contributed by atoms with E-state index in [9.17, 15) is 4.79 Å². The van der Waals surface area contributed by atoms with Gasteiger partial charge in [-0.2, -0.15) is 0 Å². The van der Waals surface area contributed by atoms with Crippen molar-refractivity contribution in [2.75, 3.05) is 19.0 Å². The van der Waals surface area contributed by atoms with Gasteiger partial charge >= 0.3 is 5.97 Å². The molecular formula is C9H14O3S. The second kappa shape index (κ2) is 5.17. The van der Waals surface area contributed by atoms with Gasteiger partial charge < -0.3 is 9.47 Å². The normalized spacial score (nSPS) is 16.2. The number of hydrogen-bond acceptors (Lipinski definition) is 4. The lowest BCUT2D eigenvalue weighted by Gasteiger charge is -2.05. The minimum absolute atomic E-state index is 0.226. The average Bonchev–Trinajstić information content (AvgIpc) is 2.54. The lowest BCUT2D eigenvalue weighted by molar-refractivity contribution is -0.138. The Labute approximate surface area is 82.5 Å². The molecule has 0 unspecified atom stereocenters. The van der Waals surface area contributed by atoms with Gasteiger partial charge in [0.1, 0.15) is 0 Å². The molecule has 1 rings (SSSR count). The fourth-order valence-corrected chi connectivity index (χ4v) is 2.15. The van der Waals surface area contributed by atoms with E-state index in [0.29, 0.717) is 18.8 Å². The Kier molecular flexibility index (Phi) is 4.15. The zero-order valence-corrected chi connectivity index (χ0v) is 8.78. The van der Waals surface area contributed by atoms with Crippen LogP contribution in [0.2, 0.25) is 0 Å². The zero-order chi connectivity index (χ0) is 9.68. The largest absolute Gasteiger partial charge is 0.487 e. The second-order valence-corrected chi connectivity index (χ2v) is 3.59. The standard InChI is InChI=1S/C9H14O3S/c1-3-11-8(10)7-5-6-13-9(7)12-4-2/h3-6H2,1-2H3. The molecule has 0 aromatic heterocycles. The van der Waals surface area contributed by atoms with Crippen molar-refractivity contribution in [1.82, 2.24) is 0 Å². The van der Waals surface area contributed by atoms with Gasteiger partial charge in [-0.25, -0.2) is 4.79 Å². The van der Waals surface area contributed by atoms with Crippen LogP contribution in [0, 0.1) is 0 Å². The lowest BCUT2D eigenvalue weighted by atomic mass is 10.2. The van der Waals surface area contributed by atoms with Gasteiger partial charge in [-0.05, 0) is 20.3 Å². The molecule has 1 aliphatic rings. The van der Waals surface area contributed by atoms with Crippen molar-refractivity contribution in [3.05, 3.63) is 10.7 Å². The predicted molar refractivity (Wildman–Crippen MR) is 52.4 cm³/mol. The first-order valence-corrected chi connectivity index (χ1v) is 5.44. The summed E-state index contributed by atoms with van der Waals surface area (Å²) in [5.41, 5.74) is 0.703. The zero-order valence-electron chi connectivity index (χ0n) is 7.96. The van der Waals surface area contributed by atoms with Crippen LogP contribution in [0.25, 0.3) is 0 Å². The smallest absolute Gasteiger partial charge is 0.338 e. The maximum absolute atomic E-state index is 11.4. The van der Waals surface area contributed by atoms with Gasteiger partial charge in [0, 0.05) is 5.75 Å². The number of thioether (sulfide) groups is 1. The van der Waals surface area contributed by atoms with Gasteiger partial charge in [0.15, 0.2) is 5.09 Å². The highest BCUT2D eigenvalue weighted by atomic mass is 32.2. The van der Waals surface area contributed by atoms with Gasteiger partial charge in [0.05, 0.1) is 18.8 Å². The minimum atomic E-state index is -0.226. The minimum Gasteiger partial charge on any atom is -0.487 e. The summed E-state index contributed by atoms with van der Waals surface area (Å²) in [6.07, 6.45) is 0.763. The maximum Gasteiger partial charge on any atom is 0.338 e. The van der Waals surface area contributed by atoms with Crippen LogP contribution in [-0.2, 0) is 14.3 Å². The highest BCUT2D eigenvalue weighted by Gasteiger charge is 2.23. The SMILES string of the molecule is CCOC(=O)C1=C(OCC)SCC1. The van der Waals surface area contributed by atoms with Crippen LogP contribution in [0.4, 0.5) is 0 Å². The van der Waals surface area contributed by atoms with Crippen LogP contribution < -0.4 is 0 Å². The summed E-state index contributed by atoms with van der Waals surface area (Å²) in [7, 11) is 0. The Morgan fingerprint density at radius 1 is 1.46 bits per heavy atom. The van der Waals surface area contributed by atoms with Crippen molar-refractivity contribution in [3.63, 3.8) is 0 Å². The molecule has 4 heteroatoms. The summed E-state index contributed by atoms with van der Waals surface area (Å²) >= 11 is 1.59. The van der Waals surface area contributed by atoms with E-state index < -0.39 is 0 Å². The first kappa shape index (κ1) is 10.4. The molecule has 0 saturated heterocycles. The summed E-state index contributed by atoms with van der Waals surface area (Å²) in [6, 6.07) is 0. The Morgan fingerprint density at radius 2 is 2.23 bits per heavy atom. The van der Waals surface area contributed by atoms with E-state index in [-0.39, 0.29) is 5.97 Å². The van der Waals surface area contributed by atoms with Crippen molar-refractivity contribution in [2.45, 2.75) is 20.3 Å². The van der Waals surface area contributed by atoms with E-state index in [0.717, 1.165) is 17.3 Å². The Balaban J connectivity index is 2.63. The fraction of sp³-hybridized carbons (Fsp3) is 0.667. The maximum atomic E-state index is 11.4. The average molecular weight is 202 g/mol. The number of rotatable bonds is 4. The Bertz CT molecular complexity index is 223. The molecule has 74 valence electrons. The highest BCUT2D eigenvalue weighted by molar-refractivity contribution is 8.03. The molecule has 0 aliphatic carbocycles. The predicted octanol–water partition coefficient (Wildman–Crippen LogP) is 1.93. The quantitative estimate of drug-likeness (QED) is 0.653. The Hall–Kier alpha value is -0.640. The molecule has 0 amide bonds. The molecular weight excluding hydrogens is 188 g/mol. The van der Waals surface area contributed by atoms with Crippen molar-refractivity contribution in [3.8, 4) is 0 Å². The molecule has 13 heavy (non-hydrogen) atoms. The molecule has 0 aromatic carbocycles. The van der Waals surface area contributed by atoms with E-state index in [1.807, 2.05) is 6.92 Å². The molecule has 0 bridgehead atoms. The first-order valence-electron chi connectivity index (χ1n) is 4.45. The van der Waals surface area contributed by atoms with Gasteiger partial charge in [0.25, 0.3) is 0 Å². The van der Waals surface area contributed by atoms with E-state index in [1.165, 1.54) is 0 Å². The number of ether oxygens (including phenoxy) is 2. The topological polar surface area (TPSA) is 35.5 Å². The Morgan fingerprint density at radius 3 is 2.85 bits per heavy atom. The van der Waals surface area contributed by atoms with E-state index >= 15 is 0 Å². The molecule has 1 heterocycles. The first-order chi connectivity index (χ1) is 6.29. The summed E-state index contributed by atoms with van der Waals surface area (Å²) in [4.78, 5) is 11.4. The third-order valence-corrected chi connectivity index (χ3v) is 2.66. The molecule has 0 N–H and O–H groups in total. The lowest BCUT2D eigenvalue weighted by Crippen LogP contribution is -2.08. The van der Waals surface area contributed by atoms with Crippen molar-refractivity contribution in [1.29, 1.82) is 0 Å². The number of hydrogen-bond donors (Lipinski definition) is 0. The van der Waals surface area contributed by atoms with E-state index in [2.05, 4.69) is 0 Å². The molecule has 0 saturated carbocycles. The third-order valence-electron chi connectivity index (χ3n) is 1.63. The van der Waals surface area contributed by atoms with Crippen molar-refractivity contribution in [2.24, 2.45) is 0 Å². The van der Waals surface area contributed by atoms with Gasteiger partial charge in [-0.3, -0.25) is 0 Å². The molecule has 0 fully saturated rings. The molecule has 1 aliphatic heterocycles. The monoisotopic (exact) mass is 202 g/mol. The fourth-order valence-electron chi connectivity index (χ4n) is 1.10. The summed E-state index contributed by atoms with van der Waals surface area (Å²) in [5, 5.41) is 0.751. The molecule has 3 nitrogen and oxygen atoms in total. The summed E-state index contributed by atoms with van der Waals surface area (Å²) in [5.74, 6) is 0.694. The number of esters is 1. The third kappa shape index (κ3) is 2.66. The summed E-state index contributed by atoms with van der Waals surface area (Å²) < 4.78 is 10.2. The number of carbonyl (C=O) groups is 1. The van der Waals surface area contributed by atoms with Crippen LogP contribution in [0.1, 0.15) is 20.3 Å². The van der Waals surface area contributed by atoms with Gasteiger partial charge in [0.2, 0.25) is 0 Å². The summed E-state index contributed by atoms with van der Waals surface area (Å²) in [6.45, 7) is 4.74. The van der Waals surface area contributed by atoms with Crippen molar-refractivity contribution < 1.29 is 14.3 Å². The molecule has 0 radical (unpaired) electrons. The second-order valence-electron chi connectivity index (χ2n) is 2.52. The molecule has 0 spiro atoms. The van der Waals surface area contributed by atoms with Crippen LogP contribution in [0.5, 0.6) is 0 Å². The van der Waals surface area contributed by atoms with Crippen LogP contribution >= 0.6 is 11.8 Å². The molecule has 0 aromatic rings.